The lowest BCUT2D eigenvalue weighted by atomic mass is 10.0. The zero-order valence-corrected chi connectivity index (χ0v) is 18.2. The predicted molar refractivity (Wildman–Crippen MR) is 124 cm³/mol. The summed E-state index contributed by atoms with van der Waals surface area (Å²) in [5.41, 5.74) is 3.21. The van der Waals surface area contributed by atoms with Crippen LogP contribution in [-0.2, 0) is 23.0 Å². The van der Waals surface area contributed by atoms with Crippen molar-refractivity contribution in [3.05, 3.63) is 94.3 Å². The van der Waals surface area contributed by atoms with Gasteiger partial charge in [0.25, 0.3) is 5.69 Å². The number of para-hydroxylation sites is 1. The first-order valence-electron chi connectivity index (χ1n) is 10.2. The van der Waals surface area contributed by atoms with Gasteiger partial charge in [-0.05, 0) is 36.2 Å². The van der Waals surface area contributed by atoms with Crippen LogP contribution < -0.4 is 5.32 Å². The molecule has 5 rings (SSSR count). The predicted octanol–water partition coefficient (Wildman–Crippen LogP) is 4.03. The largest absolute Gasteiger partial charge is 0.339 e. The van der Waals surface area contributed by atoms with Gasteiger partial charge in [-0.1, -0.05) is 24.3 Å². The van der Waals surface area contributed by atoms with Crippen molar-refractivity contribution < 1.29 is 13.3 Å². The molecule has 1 aliphatic rings. The molecule has 33 heavy (non-hydrogen) atoms. The molecule has 0 saturated carbocycles. The Hall–Kier alpha value is -3.89. The molecule has 0 fully saturated rings. The number of rotatable bonds is 5. The standard InChI is InChI=1S/C23H19N5O4S/c29-28(30)19-5-3-6-20(13-19)33(31,32)27-11-9-21-17(15-27)8-10-24-23(21)26-18-12-16-4-1-2-7-22(16)25-14-18/h1-8,10,12-14H,9,11,15H2,(H,24,26). The summed E-state index contributed by atoms with van der Waals surface area (Å²) in [6, 6.07) is 16.7. The number of fused-ring (bicyclic) bond motifs is 2. The van der Waals surface area contributed by atoms with Crippen LogP contribution in [0, 0.1) is 10.1 Å². The van der Waals surface area contributed by atoms with Crippen LogP contribution in [0.5, 0.6) is 0 Å². The number of nitro groups is 1. The Labute approximate surface area is 189 Å². The molecular weight excluding hydrogens is 442 g/mol. The average molecular weight is 462 g/mol. The fourth-order valence-electron chi connectivity index (χ4n) is 3.96. The second-order valence-corrected chi connectivity index (χ2v) is 9.62. The van der Waals surface area contributed by atoms with Gasteiger partial charge in [0.1, 0.15) is 5.82 Å². The number of anilines is 2. The molecule has 2 aromatic carbocycles. The van der Waals surface area contributed by atoms with Gasteiger partial charge in [-0.15, -0.1) is 0 Å². The lowest BCUT2D eigenvalue weighted by molar-refractivity contribution is -0.385. The van der Waals surface area contributed by atoms with E-state index in [-0.39, 0.29) is 23.7 Å². The first kappa shape index (κ1) is 21.0. The minimum atomic E-state index is -3.88. The highest BCUT2D eigenvalue weighted by Gasteiger charge is 2.30. The third-order valence-corrected chi connectivity index (χ3v) is 7.47. The number of aromatic nitrogens is 2. The molecule has 166 valence electrons. The molecule has 0 unspecified atom stereocenters. The van der Waals surface area contributed by atoms with Crippen LogP contribution in [0.15, 0.2) is 78.0 Å². The molecule has 10 heteroatoms. The van der Waals surface area contributed by atoms with Crippen LogP contribution >= 0.6 is 0 Å². The molecule has 3 heterocycles. The third kappa shape index (κ3) is 4.01. The van der Waals surface area contributed by atoms with Crippen LogP contribution in [-0.4, -0.2) is 34.2 Å². The van der Waals surface area contributed by atoms with Crippen molar-refractivity contribution in [3.63, 3.8) is 0 Å². The van der Waals surface area contributed by atoms with Gasteiger partial charge >= 0.3 is 0 Å². The Kier molecular flexibility index (Phi) is 5.23. The summed E-state index contributed by atoms with van der Waals surface area (Å²) in [6.07, 6.45) is 3.84. The Balaban J connectivity index is 1.42. The summed E-state index contributed by atoms with van der Waals surface area (Å²) in [5, 5.41) is 15.4. The number of pyridine rings is 2. The van der Waals surface area contributed by atoms with Gasteiger partial charge < -0.3 is 5.32 Å². The first-order valence-corrected chi connectivity index (χ1v) is 11.7. The molecule has 0 amide bonds. The second-order valence-electron chi connectivity index (χ2n) is 7.68. The molecule has 1 aliphatic heterocycles. The van der Waals surface area contributed by atoms with E-state index in [4.69, 9.17) is 0 Å². The highest BCUT2D eigenvalue weighted by molar-refractivity contribution is 7.89. The number of nitrogens with one attached hydrogen (secondary N) is 1. The van der Waals surface area contributed by atoms with Gasteiger partial charge in [0.05, 0.1) is 27.2 Å². The smallest absolute Gasteiger partial charge is 0.270 e. The van der Waals surface area contributed by atoms with Crippen LogP contribution in [0.1, 0.15) is 11.1 Å². The molecule has 0 aliphatic carbocycles. The maximum absolute atomic E-state index is 13.1. The van der Waals surface area contributed by atoms with E-state index < -0.39 is 14.9 Å². The van der Waals surface area contributed by atoms with Gasteiger partial charge in [-0.2, -0.15) is 4.31 Å². The summed E-state index contributed by atoms with van der Waals surface area (Å²) in [7, 11) is -3.88. The normalized spacial score (nSPS) is 14.1. The van der Waals surface area contributed by atoms with E-state index in [0.717, 1.165) is 33.8 Å². The number of benzene rings is 2. The van der Waals surface area contributed by atoms with Crippen molar-refractivity contribution in [3.8, 4) is 0 Å². The minimum Gasteiger partial charge on any atom is -0.339 e. The van der Waals surface area contributed by atoms with Crippen molar-refractivity contribution in [1.29, 1.82) is 0 Å². The second kappa shape index (κ2) is 8.23. The Morgan fingerprint density at radius 3 is 2.73 bits per heavy atom. The third-order valence-electron chi connectivity index (χ3n) is 5.63. The van der Waals surface area contributed by atoms with E-state index in [9.17, 15) is 18.5 Å². The summed E-state index contributed by atoms with van der Waals surface area (Å²) in [5.74, 6) is 0.664. The Bertz CT molecular complexity index is 1490. The van der Waals surface area contributed by atoms with Gasteiger partial charge in [-0.25, -0.2) is 13.4 Å². The van der Waals surface area contributed by atoms with Crippen molar-refractivity contribution in [2.24, 2.45) is 0 Å². The molecule has 9 nitrogen and oxygen atoms in total. The van der Waals surface area contributed by atoms with Gasteiger partial charge in [0.2, 0.25) is 10.0 Å². The summed E-state index contributed by atoms with van der Waals surface area (Å²) in [6.45, 7) is 0.405. The Morgan fingerprint density at radius 1 is 1.03 bits per heavy atom. The van der Waals surface area contributed by atoms with E-state index >= 15 is 0 Å². The van der Waals surface area contributed by atoms with Crippen LogP contribution in [0.25, 0.3) is 10.9 Å². The highest BCUT2D eigenvalue weighted by Crippen LogP contribution is 2.31. The van der Waals surface area contributed by atoms with Crippen molar-refractivity contribution in [2.45, 2.75) is 17.9 Å². The molecule has 0 atom stereocenters. The van der Waals surface area contributed by atoms with E-state index in [0.29, 0.717) is 12.2 Å². The lowest BCUT2D eigenvalue weighted by Crippen LogP contribution is -2.36. The topological polar surface area (TPSA) is 118 Å². The monoisotopic (exact) mass is 461 g/mol. The number of hydrogen-bond acceptors (Lipinski definition) is 7. The number of hydrogen-bond donors (Lipinski definition) is 1. The van der Waals surface area contributed by atoms with Gasteiger partial charge in [-0.3, -0.25) is 15.1 Å². The number of nitrogens with zero attached hydrogens (tertiary/aromatic N) is 4. The van der Waals surface area contributed by atoms with Crippen LogP contribution in [0.3, 0.4) is 0 Å². The SMILES string of the molecule is O=[N+]([O-])c1cccc(S(=O)(=O)N2CCc3c(ccnc3Nc3cnc4ccccc4c3)C2)c1. The molecule has 0 saturated heterocycles. The summed E-state index contributed by atoms with van der Waals surface area (Å²) < 4.78 is 27.6. The highest BCUT2D eigenvalue weighted by atomic mass is 32.2. The van der Waals surface area contributed by atoms with E-state index in [1.165, 1.54) is 22.5 Å². The van der Waals surface area contributed by atoms with Gasteiger partial charge in [0.15, 0.2) is 0 Å². The first-order chi connectivity index (χ1) is 15.9. The van der Waals surface area contributed by atoms with Crippen LogP contribution in [0.2, 0.25) is 0 Å². The van der Waals surface area contributed by atoms with E-state index in [1.807, 2.05) is 30.3 Å². The van der Waals surface area contributed by atoms with E-state index in [2.05, 4.69) is 15.3 Å². The molecule has 0 spiro atoms. The number of non-ortho nitro benzene ring substituents is 1. The van der Waals surface area contributed by atoms with Gasteiger partial charge in [0, 0.05) is 42.4 Å². The zero-order valence-electron chi connectivity index (χ0n) is 17.4. The lowest BCUT2D eigenvalue weighted by Gasteiger charge is -2.29. The molecule has 0 bridgehead atoms. The quantitative estimate of drug-likeness (QED) is 0.352. The van der Waals surface area contributed by atoms with E-state index in [1.54, 1.807) is 18.5 Å². The fourth-order valence-corrected chi connectivity index (χ4v) is 5.42. The zero-order chi connectivity index (χ0) is 23.0. The molecular formula is C23H19N5O4S. The molecule has 0 radical (unpaired) electrons. The summed E-state index contributed by atoms with van der Waals surface area (Å²) in [4.78, 5) is 19.3. The average Bonchev–Trinajstić information content (AvgIpc) is 2.84. The molecule has 2 aromatic heterocycles. The molecule has 4 aromatic rings. The summed E-state index contributed by atoms with van der Waals surface area (Å²) >= 11 is 0. The van der Waals surface area contributed by atoms with Crippen molar-refractivity contribution in [1.82, 2.24) is 14.3 Å². The maximum Gasteiger partial charge on any atom is 0.270 e. The Morgan fingerprint density at radius 2 is 1.88 bits per heavy atom. The minimum absolute atomic E-state index is 0.0882. The number of nitro benzene ring substituents is 1. The fraction of sp³-hybridized carbons (Fsp3) is 0.130. The van der Waals surface area contributed by atoms with Crippen molar-refractivity contribution in [2.75, 3.05) is 11.9 Å². The number of sulfonamides is 1. The van der Waals surface area contributed by atoms with Crippen LogP contribution in [0.4, 0.5) is 17.2 Å². The van der Waals surface area contributed by atoms with Crippen molar-refractivity contribution >= 4 is 38.1 Å². The molecule has 1 N–H and O–H groups in total. The maximum atomic E-state index is 13.1.